The molecule has 1 aliphatic rings. The van der Waals surface area contributed by atoms with E-state index in [0.29, 0.717) is 17.0 Å². The van der Waals surface area contributed by atoms with Crippen LogP contribution in [-0.2, 0) is 13.1 Å². The van der Waals surface area contributed by atoms with E-state index in [1.165, 1.54) is 19.2 Å². The van der Waals surface area contributed by atoms with Gasteiger partial charge in [0.2, 0.25) is 11.6 Å². The summed E-state index contributed by atoms with van der Waals surface area (Å²) in [5.74, 6) is 0.670. The minimum atomic E-state index is -1.05. The first-order chi connectivity index (χ1) is 10.5. The second-order valence-corrected chi connectivity index (χ2v) is 4.64. The number of aromatic nitrogens is 1. The lowest BCUT2D eigenvalue weighted by molar-refractivity contribution is -0.385. The Morgan fingerprint density at radius 2 is 2.27 bits per heavy atom. The van der Waals surface area contributed by atoms with Gasteiger partial charge in [0.05, 0.1) is 30.7 Å². The fourth-order valence-corrected chi connectivity index (χ4v) is 2.34. The van der Waals surface area contributed by atoms with Gasteiger partial charge in [-0.1, -0.05) is 6.07 Å². The van der Waals surface area contributed by atoms with Crippen LogP contribution in [0.1, 0.15) is 11.5 Å². The van der Waals surface area contributed by atoms with E-state index in [2.05, 4.69) is 4.98 Å². The molecule has 1 amide bonds. The van der Waals surface area contributed by atoms with Crippen LogP contribution < -0.4 is 4.74 Å². The minimum Gasteiger partial charge on any atom is -0.490 e. The van der Waals surface area contributed by atoms with Crippen molar-refractivity contribution in [3.63, 3.8) is 0 Å². The summed E-state index contributed by atoms with van der Waals surface area (Å²) in [5.41, 5.74) is 0.671. The number of nitro benzene ring substituents is 1. The Balaban J connectivity index is 2.01. The number of carbonyl (C=O) groups is 1. The SMILES string of the molecule is COc1c(-c2nc3c(o2)CN(C(=O)O)C3)cccc1[N+](=O)[O-]. The highest BCUT2D eigenvalue weighted by Gasteiger charge is 2.30. The molecule has 114 valence electrons. The number of hydrogen-bond donors (Lipinski definition) is 1. The van der Waals surface area contributed by atoms with Crippen molar-refractivity contribution in [3.05, 3.63) is 39.8 Å². The Morgan fingerprint density at radius 1 is 1.50 bits per heavy atom. The molecule has 2 aromatic rings. The van der Waals surface area contributed by atoms with E-state index in [0.717, 1.165) is 4.90 Å². The Labute approximate surface area is 123 Å². The third-order valence-corrected chi connectivity index (χ3v) is 3.35. The van der Waals surface area contributed by atoms with Gasteiger partial charge in [-0.05, 0) is 6.07 Å². The van der Waals surface area contributed by atoms with Gasteiger partial charge in [0, 0.05) is 6.07 Å². The number of nitrogens with zero attached hydrogens (tertiary/aromatic N) is 3. The zero-order chi connectivity index (χ0) is 15.9. The number of benzene rings is 1. The highest BCUT2D eigenvalue weighted by Crippen LogP contribution is 2.38. The molecule has 0 saturated carbocycles. The third-order valence-electron chi connectivity index (χ3n) is 3.35. The number of fused-ring (bicyclic) bond motifs is 1. The lowest BCUT2D eigenvalue weighted by Gasteiger charge is -2.09. The lowest BCUT2D eigenvalue weighted by atomic mass is 10.1. The van der Waals surface area contributed by atoms with E-state index in [1.54, 1.807) is 6.07 Å². The van der Waals surface area contributed by atoms with Crippen LogP contribution in [0.2, 0.25) is 0 Å². The summed E-state index contributed by atoms with van der Waals surface area (Å²) in [6.45, 7) is 0.236. The molecular weight excluding hydrogens is 294 g/mol. The van der Waals surface area contributed by atoms with Gasteiger partial charge in [-0.3, -0.25) is 15.0 Å². The van der Waals surface area contributed by atoms with Gasteiger partial charge in [0.1, 0.15) is 11.5 Å². The van der Waals surface area contributed by atoms with Crippen LogP contribution in [0.5, 0.6) is 5.75 Å². The molecule has 9 nitrogen and oxygen atoms in total. The van der Waals surface area contributed by atoms with E-state index in [1.807, 2.05) is 0 Å². The van der Waals surface area contributed by atoms with Crippen LogP contribution in [0.25, 0.3) is 11.5 Å². The van der Waals surface area contributed by atoms with Gasteiger partial charge in [0.25, 0.3) is 0 Å². The first-order valence-corrected chi connectivity index (χ1v) is 6.29. The average Bonchev–Trinajstić information content (AvgIpc) is 3.04. The smallest absolute Gasteiger partial charge is 0.408 e. The molecule has 1 aliphatic heterocycles. The van der Waals surface area contributed by atoms with Gasteiger partial charge >= 0.3 is 11.8 Å². The summed E-state index contributed by atoms with van der Waals surface area (Å²) < 4.78 is 10.7. The number of rotatable bonds is 3. The number of oxazole rings is 1. The fourth-order valence-electron chi connectivity index (χ4n) is 2.34. The maximum Gasteiger partial charge on any atom is 0.408 e. The van der Waals surface area contributed by atoms with Gasteiger partial charge in [-0.2, -0.15) is 0 Å². The predicted molar refractivity (Wildman–Crippen MR) is 72.4 cm³/mol. The van der Waals surface area contributed by atoms with Crippen molar-refractivity contribution in [2.24, 2.45) is 0 Å². The molecule has 0 aliphatic carbocycles. The number of para-hydroxylation sites is 1. The molecule has 9 heteroatoms. The largest absolute Gasteiger partial charge is 0.490 e. The first-order valence-electron chi connectivity index (χ1n) is 6.29. The lowest BCUT2D eigenvalue weighted by Crippen LogP contribution is -2.23. The quantitative estimate of drug-likeness (QED) is 0.682. The van der Waals surface area contributed by atoms with Gasteiger partial charge in [-0.25, -0.2) is 9.78 Å². The second kappa shape index (κ2) is 5.02. The summed E-state index contributed by atoms with van der Waals surface area (Å²) >= 11 is 0. The zero-order valence-electron chi connectivity index (χ0n) is 11.5. The fraction of sp³-hybridized carbons (Fsp3) is 0.231. The highest BCUT2D eigenvalue weighted by atomic mass is 16.6. The second-order valence-electron chi connectivity index (χ2n) is 4.64. The molecule has 1 aromatic heterocycles. The summed E-state index contributed by atoms with van der Waals surface area (Å²) in [6, 6.07) is 4.43. The molecular formula is C13H11N3O6. The number of ether oxygens (including phenoxy) is 1. The van der Waals surface area contributed by atoms with Crippen LogP contribution in [0, 0.1) is 10.1 Å². The van der Waals surface area contributed by atoms with Crippen LogP contribution in [-0.4, -0.2) is 33.1 Å². The van der Waals surface area contributed by atoms with Crippen LogP contribution >= 0.6 is 0 Å². The summed E-state index contributed by atoms with van der Waals surface area (Å²) in [4.78, 5) is 26.8. The summed E-state index contributed by atoms with van der Waals surface area (Å²) in [6.07, 6.45) is -1.05. The molecule has 0 bridgehead atoms. The molecule has 3 rings (SSSR count). The van der Waals surface area contributed by atoms with E-state index < -0.39 is 11.0 Å². The van der Waals surface area contributed by atoms with Crippen LogP contribution in [0.15, 0.2) is 22.6 Å². The highest BCUT2D eigenvalue weighted by molar-refractivity contribution is 5.71. The van der Waals surface area contributed by atoms with Crippen molar-refractivity contribution in [3.8, 4) is 17.2 Å². The molecule has 2 heterocycles. The maximum absolute atomic E-state index is 11.0. The Morgan fingerprint density at radius 3 is 2.86 bits per heavy atom. The molecule has 0 radical (unpaired) electrons. The minimum absolute atomic E-state index is 0.0579. The third kappa shape index (κ3) is 2.12. The molecule has 1 N–H and O–H groups in total. The van der Waals surface area contributed by atoms with Crippen molar-refractivity contribution in [2.45, 2.75) is 13.1 Å². The molecule has 22 heavy (non-hydrogen) atoms. The Kier molecular flexibility index (Phi) is 3.17. The number of nitro groups is 1. The molecule has 0 saturated heterocycles. The number of methoxy groups -OCH3 is 1. The molecule has 0 atom stereocenters. The van der Waals surface area contributed by atoms with Crippen molar-refractivity contribution in [1.29, 1.82) is 0 Å². The molecule has 0 fully saturated rings. The van der Waals surface area contributed by atoms with E-state index >= 15 is 0 Å². The average molecular weight is 305 g/mol. The number of hydrogen-bond acceptors (Lipinski definition) is 6. The monoisotopic (exact) mass is 305 g/mol. The van der Waals surface area contributed by atoms with Crippen molar-refractivity contribution >= 4 is 11.8 Å². The summed E-state index contributed by atoms with van der Waals surface area (Å²) in [7, 11) is 1.33. The van der Waals surface area contributed by atoms with Crippen LogP contribution in [0.4, 0.5) is 10.5 Å². The topological polar surface area (TPSA) is 119 Å². The van der Waals surface area contributed by atoms with Crippen molar-refractivity contribution in [2.75, 3.05) is 7.11 Å². The van der Waals surface area contributed by atoms with Gasteiger partial charge in [0.15, 0.2) is 0 Å². The molecule has 0 unspecified atom stereocenters. The van der Waals surface area contributed by atoms with E-state index in [-0.39, 0.29) is 30.4 Å². The number of carboxylic acid groups (broad SMARTS) is 1. The molecule has 0 spiro atoms. The normalized spacial score (nSPS) is 13.0. The van der Waals surface area contributed by atoms with Crippen LogP contribution in [0.3, 0.4) is 0 Å². The summed E-state index contributed by atoms with van der Waals surface area (Å²) in [5, 5.41) is 20.0. The zero-order valence-corrected chi connectivity index (χ0v) is 11.5. The number of amides is 1. The predicted octanol–water partition coefficient (Wildman–Crippen LogP) is 2.25. The molecule has 1 aromatic carbocycles. The van der Waals surface area contributed by atoms with E-state index in [4.69, 9.17) is 14.3 Å². The standard InChI is InChI=1S/C13H11N3O6/c1-21-11-7(3-2-4-9(11)16(19)20)12-14-8-5-15(13(17)18)6-10(8)22-12/h2-4H,5-6H2,1H3,(H,17,18). The van der Waals surface area contributed by atoms with Crippen molar-refractivity contribution in [1.82, 2.24) is 9.88 Å². The Hall–Kier alpha value is -3.10. The van der Waals surface area contributed by atoms with E-state index in [9.17, 15) is 14.9 Å². The van der Waals surface area contributed by atoms with Gasteiger partial charge < -0.3 is 14.3 Å². The maximum atomic E-state index is 11.0. The first kappa shape index (κ1) is 13.9. The van der Waals surface area contributed by atoms with Crippen molar-refractivity contribution < 1.29 is 24.0 Å². The Bertz CT molecular complexity index is 746. The van der Waals surface area contributed by atoms with Gasteiger partial charge in [-0.15, -0.1) is 0 Å².